The van der Waals surface area contributed by atoms with Gasteiger partial charge in [0.25, 0.3) is 0 Å². The molecule has 0 aromatic heterocycles. The zero-order chi connectivity index (χ0) is 12.4. The van der Waals surface area contributed by atoms with Crippen molar-refractivity contribution in [3.63, 3.8) is 0 Å². The van der Waals surface area contributed by atoms with Crippen LogP contribution >= 0.6 is 0 Å². The Morgan fingerprint density at radius 3 is 1.69 bits per heavy atom. The molecule has 0 aromatic rings. The number of nitrogens with zero attached hydrogens (tertiary/aromatic N) is 1. The van der Waals surface area contributed by atoms with Crippen molar-refractivity contribution in [1.29, 1.82) is 0 Å². The molecule has 16 heavy (non-hydrogen) atoms. The Hall–Kier alpha value is -0.0900. The molecule has 0 amide bonds. The van der Waals surface area contributed by atoms with E-state index in [-0.39, 0.29) is 0 Å². The minimum absolute atomic E-state index is 0.301. The molecule has 0 atom stereocenters. The third-order valence-electron chi connectivity index (χ3n) is 2.81. The van der Waals surface area contributed by atoms with E-state index in [1.807, 2.05) is 0 Å². The molecule has 0 N–H and O–H groups in total. The third kappa shape index (κ3) is 8.11. The lowest BCUT2D eigenvalue weighted by atomic mass is 10.1. The Morgan fingerprint density at radius 1 is 0.812 bits per heavy atom. The Kier molecular flexibility index (Phi) is 8.94. The van der Waals surface area contributed by atoms with Crippen LogP contribution in [-0.2, 0) is 10.0 Å². The molecule has 0 aliphatic carbocycles. The van der Waals surface area contributed by atoms with Gasteiger partial charge in [0, 0.05) is 14.1 Å². The van der Waals surface area contributed by atoms with Gasteiger partial charge < -0.3 is 0 Å². The van der Waals surface area contributed by atoms with E-state index < -0.39 is 10.0 Å². The first kappa shape index (κ1) is 15.9. The molecule has 98 valence electrons. The highest BCUT2D eigenvalue weighted by molar-refractivity contribution is 7.89. The number of hydrogen-bond acceptors (Lipinski definition) is 2. The highest BCUT2D eigenvalue weighted by atomic mass is 32.2. The first-order valence-corrected chi connectivity index (χ1v) is 8.02. The van der Waals surface area contributed by atoms with Gasteiger partial charge in [0.15, 0.2) is 0 Å². The van der Waals surface area contributed by atoms with Gasteiger partial charge in [-0.05, 0) is 6.42 Å². The Bertz CT molecular complexity index is 248. The maximum atomic E-state index is 11.4. The molecule has 0 bridgehead atoms. The molecule has 0 radical (unpaired) electrons. The molecular formula is C12H27NO2S. The fraction of sp³-hybridized carbons (Fsp3) is 1.00. The molecule has 0 aromatic carbocycles. The largest absolute Gasteiger partial charge is 0.213 e. The highest BCUT2D eigenvalue weighted by Gasteiger charge is 2.11. The van der Waals surface area contributed by atoms with Crippen LogP contribution in [0.25, 0.3) is 0 Å². The van der Waals surface area contributed by atoms with Crippen molar-refractivity contribution >= 4 is 10.0 Å². The lowest BCUT2D eigenvalue weighted by Gasteiger charge is -2.10. The summed E-state index contributed by atoms with van der Waals surface area (Å²) in [5.74, 6) is 0.301. The maximum Gasteiger partial charge on any atom is 0.213 e. The van der Waals surface area contributed by atoms with Crippen LogP contribution in [0.5, 0.6) is 0 Å². The summed E-state index contributed by atoms with van der Waals surface area (Å²) in [4.78, 5) is 0. The van der Waals surface area contributed by atoms with Crippen molar-refractivity contribution in [3.8, 4) is 0 Å². The molecule has 0 saturated heterocycles. The first-order chi connectivity index (χ1) is 7.50. The molecule has 0 fully saturated rings. The second kappa shape index (κ2) is 8.99. The second-order valence-corrected chi connectivity index (χ2v) is 6.88. The summed E-state index contributed by atoms with van der Waals surface area (Å²) in [5.41, 5.74) is 0. The van der Waals surface area contributed by atoms with E-state index in [0.717, 1.165) is 12.8 Å². The van der Waals surface area contributed by atoms with E-state index in [1.165, 1.54) is 42.8 Å². The minimum atomic E-state index is -2.97. The standard InChI is InChI=1S/C12H27NO2S/c1-4-5-6-7-8-9-10-11-12-16(14,15)13(2)3/h4-12H2,1-3H3. The smallest absolute Gasteiger partial charge is 0.212 e. The lowest BCUT2D eigenvalue weighted by molar-refractivity contribution is 0.514. The van der Waals surface area contributed by atoms with Crippen LogP contribution in [0.1, 0.15) is 58.3 Å². The van der Waals surface area contributed by atoms with Crippen molar-refractivity contribution in [3.05, 3.63) is 0 Å². The van der Waals surface area contributed by atoms with Crippen LogP contribution in [0.2, 0.25) is 0 Å². The van der Waals surface area contributed by atoms with Gasteiger partial charge in [0.05, 0.1) is 5.75 Å². The second-order valence-electron chi connectivity index (χ2n) is 4.57. The van der Waals surface area contributed by atoms with Crippen molar-refractivity contribution in [1.82, 2.24) is 4.31 Å². The van der Waals surface area contributed by atoms with Gasteiger partial charge in [-0.3, -0.25) is 0 Å². The van der Waals surface area contributed by atoms with Gasteiger partial charge in [0.1, 0.15) is 0 Å². The van der Waals surface area contributed by atoms with Crippen LogP contribution in [0.3, 0.4) is 0 Å². The van der Waals surface area contributed by atoms with Crippen LogP contribution in [0.4, 0.5) is 0 Å². The Labute approximate surface area is 101 Å². The first-order valence-electron chi connectivity index (χ1n) is 6.41. The van der Waals surface area contributed by atoms with Crippen LogP contribution in [0, 0.1) is 0 Å². The molecular weight excluding hydrogens is 222 g/mol. The van der Waals surface area contributed by atoms with Gasteiger partial charge in [-0.1, -0.05) is 51.9 Å². The van der Waals surface area contributed by atoms with Crippen molar-refractivity contribution in [2.75, 3.05) is 19.8 Å². The van der Waals surface area contributed by atoms with Crippen LogP contribution in [-0.4, -0.2) is 32.6 Å². The average Bonchev–Trinajstić information content (AvgIpc) is 2.21. The van der Waals surface area contributed by atoms with E-state index in [0.29, 0.717) is 5.75 Å². The molecule has 0 spiro atoms. The normalized spacial score (nSPS) is 12.2. The maximum absolute atomic E-state index is 11.4. The fourth-order valence-electron chi connectivity index (χ4n) is 1.60. The monoisotopic (exact) mass is 249 g/mol. The molecule has 0 rings (SSSR count). The molecule has 0 aliphatic heterocycles. The predicted molar refractivity (Wildman–Crippen MR) is 70.1 cm³/mol. The molecule has 3 nitrogen and oxygen atoms in total. The summed E-state index contributed by atoms with van der Waals surface area (Å²) in [6.07, 6.45) is 9.50. The van der Waals surface area contributed by atoms with Gasteiger partial charge in [-0.25, -0.2) is 12.7 Å². The molecule has 0 aliphatic rings. The summed E-state index contributed by atoms with van der Waals surface area (Å²) in [6.45, 7) is 2.21. The third-order valence-corrected chi connectivity index (χ3v) is 4.73. The molecule has 4 heteroatoms. The summed E-state index contributed by atoms with van der Waals surface area (Å²) in [6, 6.07) is 0. The molecule has 0 unspecified atom stereocenters. The summed E-state index contributed by atoms with van der Waals surface area (Å²) < 4.78 is 24.2. The highest BCUT2D eigenvalue weighted by Crippen LogP contribution is 2.09. The quantitative estimate of drug-likeness (QED) is 0.558. The number of unbranched alkanes of at least 4 members (excludes halogenated alkanes) is 7. The van der Waals surface area contributed by atoms with Gasteiger partial charge in [0.2, 0.25) is 10.0 Å². The number of rotatable bonds is 10. The van der Waals surface area contributed by atoms with E-state index in [2.05, 4.69) is 6.92 Å². The average molecular weight is 249 g/mol. The number of hydrogen-bond donors (Lipinski definition) is 0. The van der Waals surface area contributed by atoms with Crippen LogP contribution in [0.15, 0.2) is 0 Å². The zero-order valence-electron chi connectivity index (χ0n) is 11.0. The van der Waals surface area contributed by atoms with E-state index >= 15 is 0 Å². The van der Waals surface area contributed by atoms with Crippen molar-refractivity contribution in [2.45, 2.75) is 58.3 Å². The summed E-state index contributed by atoms with van der Waals surface area (Å²) >= 11 is 0. The minimum Gasteiger partial charge on any atom is -0.212 e. The van der Waals surface area contributed by atoms with Crippen molar-refractivity contribution in [2.24, 2.45) is 0 Å². The van der Waals surface area contributed by atoms with Crippen molar-refractivity contribution < 1.29 is 8.42 Å². The lowest BCUT2D eigenvalue weighted by Crippen LogP contribution is -2.24. The predicted octanol–water partition coefficient (Wildman–Crippen LogP) is 3.02. The topological polar surface area (TPSA) is 37.4 Å². The van der Waals surface area contributed by atoms with Gasteiger partial charge in [-0.15, -0.1) is 0 Å². The Morgan fingerprint density at radius 2 is 1.25 bits per heavy atom. The Balaban J connectivity index is 3.34. The SMILES string of the molecule is CCCCCCCCCCS(=O)(=O)N(C)C. The van der Waals surface area contributed by atoms with E-state index in [9.17, 15) is 8.42 Å². The van der Waals surface area contributed by atoms with Gasteiger partial charge >= 0.3 is 0 Å². The fourth-order valence-corrected chi connectivity index (χ4v) is 2.53. The number of sulfonamides is 1. The molecule has 0 saturated carbocycles. The van der Waals surface area contributed by atoms with E-state index in [4.69, 9.17) is 0 Å². The van der Waals surface area contributed by atoms with E-state index in [1.54, 1.807) is 14.1 Å². The molecule has 0 heterocycles. The summed E-state index contributed by atoms with van der Waals surface area (Å²) in [7, 11) is 0.228. The van der Waals surface area contributed by atoms with Gasteiger partial charge in [-0.2, -0.15) is 0 Å². The summed E-state index contributed by atoms with van der Waals surface area (Å²) in [5, 5.41) is 0. The van der Waals surface area contributed by atoms with Crippen LogP contribution < -0.4 is 0 Å². The zero-order valence-corrected chi connectivity index (χ0v) is 11.9.